The fourth-order valence-electron chi connectivity index (χ4n) is 1.93. The lowest BCUT2D eigenvalue weighted by Crippen LogP contribution is -2.26. The number of aromatic nitrogens is 1. The number of carbonyl (C=O) groups is 1. The number of aryl methyl sites for hydroxylation is 1. The third-order valence-electron chi connectivity index (χ3n) is 3.31. The Bertz CT molecular complexity index is 576. The van der Waals surface area contributed by atoms with E-state index in [4.69, 9.17) is 0 Å². The predicted molar refractivity (Wildman–Crippen MR) is 82.3 cm³/mol. The first-order chi connectivity index (χ1) is 9.65. The van der Waals surface area contributed by atoms with Crippen molar-refractivity contribution in [2.45, 2.75) is 13.3 Å². The van der Waals surface area contributed by atoms with Crippen LogP contribution in [0.25, 0.3) is 0 Å². The highest BCUT2D eigenvalue weighted by molar-refractivity contribution is 6.05. The van der Waals surface area contributed by atoms with Gasteiger partial charge >= 0.3 is 0 Å². The van der Waals surface area contributed by atoms with Gasteiger partial charge in [0.15, 0.2) is 0 Å². The highest BCUT2D eigenvalue weighted by Crippen LogP contribution is 2.16. The van der Waals surface area contributed by atoms with E-state index in [0.29, 0.717) is 5.56 Å². The molecule has 0 atom stereocenters. The average molecular weight is 269 g/mol. The van der Waals surface area contributed by atoms with Crippen LogP contribution >= 0.6 is 0 Å². The molecule has 0 spiro atoms. The molecule has 0 radical (unpaired) electrons. The van der Waals surface area contributed by atoms with Crippen molar-refractivity contribution < 1.29 is 4.79 Å². The van der Waals surface area contributed by atoms with Gasteiger partial charge in [-0.15, -0.1) is 0 Å². The number of carbonyl (C=O) groups excluding carboxylic acids is 1. The number of amides is 1. The van der Waals surface area contributed by atoms with E-state index in [1.807, 2.05) is 43.4 Å². The van der Waals surface area contributed by atoms with Gasteiger partial charge in [-0.3, -0.25) is 4.79 Å². The Morgan fingerprint density at radius 3 is 2.40 bits per heavy atom. The van der Waals surface area contributed by atoms with Gasteiger partial charge in [0.1, 0.15) is 5.82 Å². The SMILES string of the molecule is CCc1ccc(C(=O)N(C)c2ccc(NC)nc2)cc1. The average Bonchev–Trinajstić information content (AvgIpc) is 2.53. The topological polar surface area (TPSA) is 45.2 Å². The number of rotatable bonds is 4. The maximum Gasteiger partial charge on any atom is 0.258 e. The Hall–Kier alpha value is -2.36. The van der Waals surface area contributed by atoms with Crippen LogP contribution < -0.4 is 10.2 Å². The molecule has 0 aliphatic rings. The van der Waals surface area contributed by atoms with Crippen LogP contribution in [0.3, 0.4) is 0 Å². The molecule has 2 aromatic rings. The van der Waals surface area contributed by atoms with Crippen LogP contribution in [-0.2, 0) is 6.42 Å². The Labute approximate surface area is 119 Å². The minimum Gasteiger partial charge on any atom is -0.373 e. The van der Waals surface area contributed by atoms with Crippen LogP contribution in [0.2, 0.25) is 0 Å². The summed E-state index contributed by atoms with van der Waals surface area (Å²) < 4.78 is 0. The summed E-state index contributed by atoms with van der Waals surface area (Å²) in [7, 11) is 3.57. The third-order valence-corrected chi connectivity index (χ3v) is 3.31. The molecule has 0 fully saturated rings. The van der Waals surface area contributed by atoms with Gasteiger partial charge in [0.2, 0.25) is 0 Å². The summed E-state index contributed by atoms with van der Waals surface area (Å²) in [6.07, 6.45) is 2.66. The van der Waals surface area contributed by atoms with E-state index in [1.54, 1.807) is 18.1 Å². The number of benzene rings is 1. The second-order valence-corrected chi connectivity index (χ2v) is 4.57. The maximum atomic E-state index is 12.4. The summed E-state index contributed by atoms with van der Waals surface area (Å²) in [5.74, 6) is 0.744. The Morgan fingerprint density at radius 2 is 1.90 bits per heavy atom. The van der Waals surface area contributed by atoms with Gasteiger partial charge in [0.25, 0.3) is 5.91 Å². The van der Waals surface area contributed by atoms with Crippen molar-refractivity contribution in [3.05, 3.63) is 53.7 Å². The van der Waals surface area contributed by atoms with Crippen LogP contribution in [0.1, 0.15) is 22.8 Å². The van der Waals surface area contributed by atoms with Crippen LogP contribution in [0.4, 0.5) is 11.5 Å². The van der Waals surface area contributed by atoms with Crippen LogP contribution in [0.15, 0.2) is 42.6 Å². The summed E-state index contributed by atoms with van der Waals surface area (Å²) in [5, 5.41) is 2.95. The smallest absolute Gasteiger partial charge is 0.258 e. The number of nitrogens with zero attached hydrogens (tertiary/aromatic N) is 2. The molecule has 0 saturated heterocycles. The van der Waals surface area contributed by atoms with E-state index < -0.39 is 0 Å². The largest absolute Gasteiger partial charge is 0.373 e. The van der Waals surface area contributed by atoms with Crippen LogP contribution in [0.5, 0.6) is 0 Å². The Morgan fingerprint density at radius 1 is 1.20 bits per heavy atom. The molecular formula is C16H19N3O. The van der Waals surface area contributed by atoms with Gasteiger partial charge in [0.05, 0.1) is 11.9 Å². The second kappa shape index (κ2) is 6.19. The zero-order valence-corrected chi connectivity index (χ0v) is 12.1. The van der Waals surface area contributed by atoms with Crippen molar-refractivity contribution in [2.24, 2.45) is 0 Å². The summed E-state index contributed by atoms with van der Waals surface area (Å²) >= 11 is 0. The second-order valence-electron chi connectivity index (χ2n) is 4.57. The van der Waals surface area contributed by atoms with E-state index in [0.717, 1.165) is 17.9 Å². The van der Waals surface area contributed by atoms with E-state index >= 15 is 0 Å². The monoisotopic (exact) mass is 269 g/mol. The molecule has 1 aromatic heterocycles. The summed E-state index contributed by atoms with van der Waals surface area (Å²) in [6, 6.07) is 11.4. The lowest BCUT2D eigenvalue weighted by Gasteiger charge is -2.17. The molecule has 0 aliphatic heterocycles. The van der Waals surface area contributed by atoms with Crippen LogP contribution in [-0.4, -0.2) is 25.0 Å². The molecule has 0 saturated carbocycles. The number of nitrogens with one attached hydrogen (secondary N) is 1. The van der Waals surface area contributed by atoms with Gasteiger partial charge in [0, 0.05) is 19.7 Å². The standard InChI is InChI=1S/C16H19N3O/c1-4-12-5-7-13(8-6-12)16(20)19(3)14-9-10-15(17-2)18-11-14/h5-11H,4H2,1-3H3,(H,17,18). The highest BCUT2D eigenvalue weighted by atomic mass is 16.2. The molecule has 20 heavy (non-hydrogen) atoms. The fraction of sp³-hybridized carbons (Fsp3) is 0.250. The molecule has 0 unspecified atom stereocenters. The molecule has 1 N–H and O–H groups in total. The van der Waals surface area contributed by atoms with Crippen molar-refractivity contribution in [1.29, 1.82) is 0 Å². The van der Waals surface area contributed by atoms with Crippen molar-refractivity contribution in [3.8, 4) is 0 Å². The van der Waals surface area contributed by atoms with Crippen molar-refractivity contribution >= 4 is 17.4 Å². The molecule has 0 bridgehead atoms. The predicted octanol–water partition coefficient (Wildman–Crippen LogP) is 2.96. The summed E-state index contributed by atoms with van der Waals surface area (Å²) in [5.41, 5.74) is 2.68. The van der Waals surface area contributed by atoms with Crippen molar-refractivity contribution in [3.63, 3.8) is 0 Å². The molecule has 104 valence electrons. The quantitative estimate of drug-likeness (QED) is 0.928. The number of hydrogen-bond donors (Lipinski definition) is 1. The van der Waals surface area contributed by atoms with Gasteiger partial charge in [-0.05, 0) is 36.2 Å². The fourth-order valence-corrected chi connectivity index (χ4v) is 1.93. The Balaban J connectivity index is 2.17. The first kappa shape index (κ1) is 14.1. The normalized spacial score (nSPS) is 10.2. The summed E-state index contributed by atoms with van der Waals surface area (Å²) in [6.45, 7) is 2.10. The molecule has 1 heterocycles. The van der Waals surface area contributed by atoms with Crippen LogP contribution in [0, 0.1) is 0 Å². The molecule has 2 rings (SSSR count). The molecule has 0 aliphatic carbocycles. The van der Waals surface area contributed by atoms with Gasteiger partial charge in [-0.1, -0.05) is 19.1 Å². The molecule has 1 amide bonds. The van der Waals surface area contributed by atoms with Gasteiger partial charge in [-0.25, -0.2) is 4.98 Å². The number of pyridine rings is 1. The first-order valence-electron chi connectivity index (χ1n) is 6.66. The van der Waals surface area contributed by atoms with E-state index in [9.17, 15) is 4.79 Å². The van der Waals surface area contributed by atoms with Crippen molar-refractivity contribution in [2.75, 3.05) is 24.3 Å². The minimum atomic E-state index is -0.0355. The van der Waals surface area contributed by atoms with Gasteiger partial charge < -0.3 is 10.2 Å². The zero-order valence-electron chi connectivity index (χ0n) is 12.1. The molecule has 1 aromatic carbocycles. The van der Waals surface area contributed by atoms with E-state index in [-0.39, 0.29) is 5.91 Å². The van der Waals surface area contributed by atoms with Gasteiger partial charge in [-0.2, -0.15) is 0 Å². The van der Waals surface area contributed by atoms with E-state index in [1.165, 1.54) is 5.56 Å². The highest BCUT2D eigenvalue weighted by Gasteiger charge is 2.13. The molecule has 4 heteroatoms. The zero-order chi connectivity index (χ0) is 14.5. The van der Waals surface area contributed by atoms with Crippen molar-refractivity contribution in [1.82, 2.24) is 4.98 Å². The lowest BCUT2D eigenvalue weighted by atomic mass is 10.1. The van der Waals surface area contributed by atoms with E-state index in [2.05, 4.69) is 17.2 Å². The first-order valence-corrected chi connectivity index (χ1v) is 6.66. The maximum absolute atomic E-state index is 12.4. The Kier molecular flexibility index (Phi) is 4.35. The number of anilines is 2. The minimum absolute atomic E-state index is 0.0355. The molecular weight excluding hydrogens is 250 g/mol. The third kappa shape index (κ3) is 2.96. The number of hydrogen-bond acceptors (Lipinski definition) is 3. The summed E-state index contributed by atoms with van der Waals surface area (Å²) in [4.78, 5) is 18.2. The lowest BCUT2D eigenvalue weighted by molar-refractivity contribution is 0.0993. The molecule has 4 nitrogen and oxygen atoms in total.